The third-order valence-electron chi connectivity index (χ3n) is 3.22. The highest BCUT2D eigenvalue weighted by atomic mass is 32.1. The normalized spacial score (nSPS) is 11.2. The second kappa shape index (κ2) is 4.55. The third-order valence-corrected chi connectivity index (χ3v) is 4.45. The number of rotatable bonds is 3. The molecule has 2 heterocycles. The van der Waals surface area contributed by atoms with Gasteiger partial charge in [-0.2, -0.15) is 0 Å². The Labute approximate surface area is 110 Å². The van der Waals surface area contributed by atoms with E-state index in [1.807, 2.05) is 19.3 Å². The molecule has 0 saturated carbocycles. The van der Waals surface area contributed by atoms with Gasteiger partial charge in [0.2, 0.25) is 0 Å². The van der Waals surface area contributed by atoms with E-state index < -0.39 is 0 Å². The molecule has 3 aromatic rings. The van der Waals surface area contributed by atoms with Gasteiger partial charge in [0.05, 0.1) is 6.54 Å². The highest BCUT2D eigenvalue weighted by Gasteiger charge is 2.11. The Morgan fingerprint density at radius 1 is 1.33 bits per heavy atom. The summed E-state index contributed by atoms with van der Waals surface area (Å²) in [7, 11) is 0. The lowest BCUT2D eigenvalue weighted by atomic mass is 10.1. The van der Waals surface area contributed by atoms with E-state index in [0.29, 0.717) is 6.54 Å². The van der Waals surface area contributed by atoms with E-state index in [2.05, 4.69) is 33.8 Å². The van der Waals surface area contributed by atoms with Crippen molar-refractivity contribution >= 4 is 21.4 Å². The number of hydrogen-bond donors (Lipinski definition) is 1. The molecule has 0 aliphatic rings. The number of aromatic nitrogens is 2. The fraction of sp³-hybridized carbons (Fsp3) is 0.214. The first kappa shape index (κ1) is 11.4. The van der Waals surface area contributed by atoms with Crippen molar-refractivity contribution < 1.29 is 0 Å². The summed E-state index contributed by atoms with van der Waals surface area (Å²) in [5, 5.41) is 1.32. The minimum atomic E-state index is 0.600. The predicted octanol–water partition coefficient (Wildman–Crippen LogP) is 2.91. The molecule has 0 saturated heterocycles. The molecular weight excluding hydrogens is 242 g/mol. The van der Waals surface area contributed by atoms with Crippen molar-refractivity contribution in [3.05, 3.63) is 52.9 Å². The average molecular weight is 257 g/mol. The van der Waals surface area contributed by atoms with E-state index in [0.717, 1.165) is 12.4 Å². The molecule has 4 heteroatoms. The zero-order valence-electron chi connectivity index (χ0n) is 10.3. The van der Waals surface area contributed by atoms with E-state index in [4.69, 9.17) is 5.73 Å². The summed E-state index contributed by atoms with van der Waals surface area (Å²) in [4.78, 5) is 5.54. The Bertz CT molecular complexity index is 681. The molecule has 2 N–H and O–H groups in total. The van der Waals surface area contributed by atoms with Gasteiger partial charge in [0.15, 0.2) is 0 Å². The van der Waals surface area contributed by atoms with E-state index in [1.165, 1.54) is 20.5 Å². The first-order chi connectivity index (χ1) is 8.79. The summed E-state index contributed by atoms with van der Waals surface area (Å²) in [5.74, 6) is 1.04. The van der Waals surface area contributed by atoms with Crippen LogP contribution in [0.5, 0.6) is 0 Å². The maximum atomic E-state index is 5.87. The van der Waals surface area contributed by atoms with Crippen LogP contribution in [-0.2, 0) is 13.1 Å². The molecule has 0 atom stereocenters. The Morgan fingerprint density at radius 2 is 2.17 bits per heavy atom. The number of nitrogens with two attached hydrogens (primary N) is 1. The van der Waals surface area contributed by atoms with Gasteiger partial charge in [-0.25, -0.2) is 4.98 Å². The standard InChI is InChI=1S/C14H15N3S/c1-10-16-6-7-17(10)9-12-11-4-2-3-5-13(11)18-14(12)8-15/h2-7H,8-9,15H2,1H3. The zero-order chi connectivity index (χ0) is 12.5. The molecule has 0 radical (unpaired) electrons. The van der Waals surface area contributed by atoms with Gasteiger partial charge < -0.3 is 10.3 Å². The van der Waals surface area contributed by atoms with Crippen molar-refractivity contribution in [3.8, 4) is 0 Å². The number of benzene rings is 1. The van der Waals surface area contributed by atoms with Crippen molar-refractivity contribution in [3.63, 3.8) is 0 Å². The maximum Gasteiger partial charge on any atom is 0.105 e. The molecule has 0 unspecified atom stereocenters. The Balaban J connectivity index is 2.12. The van der Waals surface area contributed by atoms with Crippen LogP contribution in [0.1, 0.15) is 16.3 Å². The molecule has 18 heavy (non-hydrogen) atoms. The molecule has 2 aromatic heterocycles. The summed E-state index contributed by atoms with van der Waals surface area (Å²) in [6, 6.07) is 8.49. The van der Waals surface area contributed by atoms with Gasteiger partial charge in [0.25, 0.3) is 0 Å². The first-order valence-electron chi connectivity index (χ1n) is 5.96. The minimum Gasteiger partial charge on any atom is -0.331 e. The van der Waals surface area contributed by atoms with Crippen LogP contribution in [-0.4, -0.2) is 9.55 Å². The van der Waals surface area contributed by atoms with Crippen molar-refractivity contribution in [2.75, 3.05) is 0 Å². The summed E-state index contributed by atoms with van der Waals surface area (Å²) in [6.45, 7) is 3.47. The smallest absolute Gasteiger partial charge is 0.105 e. The fourth-order valence-corrected chi connectivity index (χ4v) is 3.32. The predicted molar refractivity (Wildman–Crippen MR) is 75.8 cm³/mol. The second-order valence-electron chi connectivity index (χ2n) is 4.31. The Kier molecular flexibility index (Phi) is 2.89. The van der Waals surface area contributed by atoms with Crippen LogP contribution in [0.25, 0.3) is 10.1 Å². The Hall–Kier alpha value is -1.65. The fourth-order valence-electron chi connectivity index (χ4n) is 2.23. The highest BCUT2D eigenvalue weighted by molar-refractivity contribution is 7.19. The van der Waals surface area contributed by atoms with Crippen LogP contribution in [0.15, 0.2) is 36.7 Å². The number of hydrogen-bond acceptors (Lipinski definition) is 3. The van der Waals surface area contributed by atoms with Gasteiger partial charge in [-0.3, -0.25) is 0 Å². The summed E-state index contributed by atoms with van der Waals surface area (Å²) in [5.41, 5.74) is 7.20. The molecule has 3 nitrogen and oxygen atoms in total. The first-order valence-corrected chi connectivity index (χ1v) is 6.78. The van der Waals surface area contributed by atoms with Gasteiger partial charge in [-0.05, 0) is 23.9 Å². The Morgan fingerprint density at radius 3 is 2.89 bits per heavy atom. The second-order valence-corrected chi connectivity index (χ2v) is 5.44. The number of imidazole rings is 1. The van der Waals surface area contributed by atoms with E-state index in [9.17, 15) is 0 Å². The maximum absolute atomic E-state index is 5.87. The molecule has 3 rings (SSSR count). The van der Waals surface area contributed by atoms with E-state index in [1.54, 1.807) is 11.3 Å². The van der Waals surface area contributed by atoms with Crippen LogP contribution in [0, 0.1) is 6.92 Å². The van der Waals surface area contributed by atoms with Crippen molar-refractivity contribution in [1.29, 1.82) is 0 Å². The quantitative estimate of drug-likeness (QED) is 0.784. The van der Waals surface area contributed by atoms with Crippen molar-refractivity contribution in [2.45, 2.75) is 20.0 Å². The molecule has 1 aromatic carbocycles. The van der Waals surface area contributed by atoms with Crippen LogP contribution >= 0.6 is 11.3 Å². The number of nitrogens with zero attached hydrogens (tertiary/aromatic N) is 2. The lowest BCUT2D eigenvalue weighted by Gasteiger charge is -2.06. The van der Waals surface area contributed by atoms with Gasteiger partial charge in [-0.15, -0.1) is 11.3 Å². The molecule has 0 amide bonds. The van der Waals surface area contributed by atoms with Gasteiger partial charge in [-0.1, -0.05) is 18.2 Å². The lowest BCUT2D eigenvalue weighted by molar-refractivity contribution is 0.761. The van der Waals surface area contributed by atoms with Crippen LogP contribution in [0.2, 0.25) is 0 Å². The lowest BCUT2D eigenvalue weighted by Crippen LogP contribution is -2.04. The summed E-state index contributed by atoms with van der Waals surface area (Å²) >= 11 is 1.79. The number of fused-ring (bicyclic) bond motifs is 1. The molecule has 0 aliphatic carbocycles. The summed E-state index contributed by atoms with van der Waals surface area (Å²) in [6.07, 6.45) is 3.86. The molecule has 0 spiro atoms. The minimum absolute atomic E-state index is 0.600. The highest BCUT2D eigenvalue weighted by Crippen LogP contribution is 2.31. The molecular formula is C14H15N3S. The topological polar surface area (TPSA) is 43.8 Å². The SMILES string of the molecule is Cc1nccn1Cc1c(CN)sc2ccccc12. The van der Waals surface area contributed by atoms with Crippen LogP contribution < -0.4 is 5.73 Å². The molecule has 92 valence electrons. The summed E-state index contributed by atoms with van der Waals surface area (Å²) < 4.78 is 3.47. The number of thiophene rings is 1. The molecule has 0 aliphatic heterocycles. The largest absolute Gasteiger partial charge is 0.331 e. The zero-order valence-corrected chi connectivity index (χ0v) is 11.1. The third kappa shape index (κ3) is 1.83. The van der Waals surface area contributed by atoms with Crippen LogP contribution in [0.3, 0.4) is 0 Å². The number of aryl methyl sites for hydroxylation is 1. The van der Waals surface area contributed by atoms with E-state index in [-0.39, 0.29) is 0 Å². The monoisotopic (exact) mass is 257 g/mol. The average Bonchev–Trinajstić information content (AvgIpc) is 2.95. The molecule has 0 bridgehead atoms. The molecule has 0 fully saturated rings. The van der Waals surface area contributed by atoms with Crippen molar-refractivity contribution in [1.82, 2.24) is 9.55 Å². The van der Waals surface area contributed by atoms with E-state index >= 15 is 0 Å². The van der Waals surface area contributed by atoms with Gasteiger partial charge >= 0.3 is 0 Å². The van der Waals surface area contributed by atoms with Gasteiger partial charge in [0, 0.05) is 28.5 Å². The van der Waals surface area contributed by atoms with Crippen LogP contribution in [0.4, 0.5) is 0 Å². The van der Waals surface area contributed by atoms with Crippen molar-refractivity contribution in [2.24, 2.45) is 5.73 Å². The van der Waals surface area contributed by atoms with Gasteiger partial charge in [0.1, 0.15) is 5.82 Å².